The highest BCUT2D eigenvalue weighted by molar-refractivity contribution is 9.10. The van der Waals surface area contributed by atoms with Gasteiger partial charge < -0.3 is 10.6 Å². The normalized spacial score (nSPS) is 14.6. The van der Waals surface area contributed by atoms with Gasteiger partial charge in [-0.25, -0.2) is 4.79 Å². The number of nitrogens with one attached hydrogen (secondary N) is 2. The molecule has 6 heteroatoms. The molecule has 1 aliphatic heterocycles. The monoisotopic (exact) mass is 311 g/mol. The molecule has 3 amide bonds. The van der Waals surface area contributed by atoms with E-state index in [0.29, 0.717) is 13.1 Å². The molecule has 18 heavy (non-hydrogen) atoms. The van der Waals surface area contributed by atoms with E-state index >= 15 is 0 Å². The van der Waals surface area contributed by atoms with E-state index in [4.69, 9.17) is 0 Å². The molecule has 1 heterocycles. The number of carbonyl (C=O) groups is 2. The summed E-state index contributed by atoms with van der Waals surface area (Å²) in [6.45, 7) is 3.07. The number of aryl methyl sites for hydroxylation is 1. The molecule has 1 fully saturated rings. The molecular weight excluding hydrogens is 298 g/mol. The van der Waals surface area contributed by atoms with Crippen LogP contribution in [0.3, 0.4) is 0 Å². The minimum absolute atomic E-state index is 0.120. The van der Waals surface area contributed by atoms with E-state index in [1.165, 1.54) is 4.90 Å². The Bertz CT molecular complexity index is 490. The molecule has 0 saturated carbocycles. The summed E-state index contributed by atoms with van der Waals surface area (Å²) in [4.78, 5) is 24.3. The van der Waals surface area contributed by atoms with Crippen molar-refractivity contribution >= 4 is 33.6 Å². The van der Waals surface area contributed by atoms with Crippen molar-refractivity contribution in [1.82, 2.24) is 10.2 Å². The van der Waals surface area contributed by atoms with E-state index in [0.717, 1.165) is 15.7 Å². The van der Waals surface area contributed by atoms with Crippen LogP contribution in [0.15, 0.2) is 22.7 Å². The number of carbonyl (C=O) groups excluding carboxylic acids is 2. The van der Waals surface area contributed by atoms with Crippen LogP contribution >= 0.6 is 15.9 Å². The van der Waals surface area contributed by atoms with Crippen molar-refractivity contribution in [2.24, 2.45) is 0 Å². The number of nitrogens with zero attached hydrogens (tertiary/aromatic N) is 1. The van der Waals surface area contributed by atoms with Crippen molar-refractivity contribution < 1.29 is 9.59 Å². The van der Waals surface area contributed by atoms with Gasteiger partial charge in [-0.05, 0) is 30.7 Å². The van der Waals surface area contributed by atoms with Crippen molar-refractivity contribution in [3.63, 3.8) is 0 Å². The molecule has 0 aliphatic carbocycles. The number of imide groups is 1. The third kappa shape index (κ3) is 2.81. The molecule has 0 unspecified atom stereocenters. The van der Waals surface area contributed by atoms with Crippen LogP contribution in [0.25, 0.3) is 0 Å². The molecule has 0 atom stereocenters. The first-order valence-electron chi connectivity index (χ1n) is 5.66. The number of halogens is 1. The number of urea groups is 1. The molecule has 2 N–H and O–H groups in total. The smallest absolute Gasteiger partial charge is 0.324 e. The zero-order chi connectivity index (χ0) is 13.1. The maximum atomic E-state index is 11.8. The van der Waals surface area contributed by atoms with Crippen molar-refractivity contribution in [3.8, 4) is 0 Å². The third-order valence-electron chi connectivity index (χ3n) is 2.76. The van der Waals surface area contributed by atoms with Gasteiger partial charge in [0.1, 0.15) is 0 Å². The summed E-state index contributed by atoms with van der Waals surface area (Å²) < 4.78 is 1.03. The van der Waals surface area contributed by atoms with E-state index in [2.05, 4.69) is 26.6 Å². The fraction of sp³-hybridized carbons (Fsp3) is 0.333. The molecule has 0 aromatic heterocycles. The lowest BCUT2D eigenvalue weighted by Gasteiger charge is -2.13. The van der Waals surface area contributed by atoms with E-state index < -0.39 is 0 Å². The van der Waals surface area contributed by atoms with E-state index in [1.54, 1.807) is 0 Å². The van der Waals surface area contributed by atoms with Crippen molar-refractivity contribution in [1.29, 1.82) is 0 Å². The lowest BCUT2D eigenvalue weighted by atomic mass is 10.2. The number of rotatable bonds is 3. The fourth-order valence-electron chi connectivity index (χ4n) is 1.74. The molecule has 1 aliphatic rings. The van der Waals surface area contributed by atoms with Crippen LogP contribution in [0.5, 0.6) is 0 Å². The largest absolute Gasteiger partial charge is 0.376 e. The van der Waals surface area contributed by atoms with Crippen molar-refractivity contribution in [3.05, 3.63) is 28.2 Å². The summed E-state index contributed by atoms with van der Waals surface area (Å²) in [5, 5.41) is 5.62. The van der Waals surface area contributed by atoms with Gasteiger partial charge in [0.2, 0.25) is 5.91 Å². The van der Waals surface area contributed by atoms with E-state index in [9.17, 15) is 9.59 Å². The molecule has 0 radical (unpaired) electrons. The first-order valence-corrected chi connectivity index (χ1v) is 6.45. The number of hydrogen-bond acceptors (Lipinski definition) is 3. The predicted molar refractivity (Wildman–Crippen MR) is 72.5 cm³/mol. The summed E-state index contributed by atoms with van der Waals surface area (Å²) in [6.07, 6.45) is 0. The van der Waals surface area contributed by atoms with Crippen molar-refractivity contribution in [2.75, 3.05) is 25.0 Å². The molecule has 0 spiro atoms. The maximum absolute atomic E-state index is 11.8. The van der Waals surface area contributed by atoms with Gasteiger partial charge in [-0.15, -0.1) is 0 Å². The average molecular weight is 312 g/mol. The number of benzene rings is 1. The molecule has 2 rings (SSSR count). The number of amides is 3. The lowest BCUT2D eigenvalue weighted by molar-refractivity contribution is -0.125. The van der Waals surface area contributed by atoms with Gasteiger partial charge in [-0.2, -0.15) is 0 Å². The van der Waals surface area contributed by atoms with Gasteiger partial charge in [0.05, 0.1) is 6.54 Å². The summed E-state index contributed by atoms with van der Waals surface area (Å²) in [5.74, 6) is -0.217. The zero-order valence-corrected chi connectivity index (χ0v) is 11.6. The minimum atomic E-state index is -0.311. The van der Waals surface area contributed by atoms with Crippen LogP contribution < -0.4 is 10.6 Å². The highest BCUT2D eigenvalue weighted by atomic mass is 79.9. The number of hydrogen-bond donors (Lipinski definition) is 2. The molecular formula is C12H14BrN3O2. The van der Waals surface area contributed by atoms with E-state index in [-0.39, 0.29) is 18.5 Å². The Hall–Kier alpha value is -1.56. The second kappa shape index (κ2) is 5.39. The first-order chi connectivity index (χ1) is 8.58. The van der Waals surface area contributed by atoms with E-state index in [1.807, 2.05) is 25.1 Å². The van der Waals surface area contributed by atoms with Crippen LogP contribution in [0, 0.1) is 6.92 Å². The Morgan fingerprint density at radius 2 is 2.33 bits per heavy atom. The van der Waals surface area contributed by atoms with Gasteiger partial charge in [0.15, 0.2) is 0 Å². The molecule has 96 valence electrons. The molecule has 1 aromatic carbocycles. The minimum Gasteiger partial charge on any atom is -0.376 e. The van der Waals surface area contributed by atoms with Crippen LogP contribution in [0.2, 0.25) is 0 Å². The Morgan fingerprint density at radius 1 is 1.56 bits per heavy atom. The van der Waals surface area contributed by atoms with Gasteiger partial charge >= 0.3 is 6.03 Å². The topological polar surface area (TPSA) is 61.4 Å². The fourth-order valence-corrected chi connectivity index (χ4v) is 1.98. The van der Waals surface area contributed by atoms with Crippen LogP contribution in [-0.2, 0) is 4.79 Å². The van der Waals surface area contributed by atoms with Crippen molar-refractivity contribution in [2.45, 2.75) is 6.92 Å². The zero-order valence-electron chi connectivity index (χ0n) is 10.00. The SMILES string of the molecule is Cc1cc(NCC(=O)N2CCNC2=O)ccc1Br. The summed E-state index contributed by atoms with van der Waals surface area (Å²) in [7, 11) is 0. The van der Waals surface area contributed by atoms with Crippen LogP contribution in [0.4, 0.5) is 10.5 Å². The molecule has 1 saturated heterocycles. The predicted octanol–water partition coefficient (Wildman–Crippen LogP) is 1.72. The van der Waals surface area contributed by atoms with Gasteiger partial charge in [-0.1, -0.05) is 15.9 Å². The average Bonchev–Trinajstić information content (AvgIpc) is 2.77. The second-order valence-electron chi connectivity index (χ2n) is 4.09. The molecule has 1 aromatic rings. The van der Waals surface area contributed by atoms with Gasteiger partial charge in [0.25, 0.3) is 0 Å². The summed E-state index contributed by atoms with van der Waals surface area (Å²) in [6, 6.07) is 5.44. The quantitative estimate of drug-likeness (QED) is 0.893. The lowest BCUT2D eigenvalue weighted by Crippen LogP contribution is -2.37. The third-order valence-corrected chi connectivity index (χ3v) is 3.65. The summed E-state index contributed by atoms with van der Waals surface area (Å²) in [5.41, 5.74) is 1.95. The van der Waals surface area contributed by atoms with Crippen LogP contribution in [-0.4, -0.2) is 36.5 Å². The Morgan fingerprint density at radius 3 is 2.94 bits per heavy atom. The second-order valence-corrected chi connectivity index (χ2v) is 4.95. The highest BCUT2D eigenvalue weighted by Gasteiger charge is 2.25. The first kappa shape index (κ1) is 12.9. The Balaban J connectivity index is 1.93. The summed E-state index contributed by atoms with van der Waals surface area (Å²) >= 11 is 3.42. The van der Waals surface area contributed by atoms with Gasteiger partial charge in [-0.3, -0.25) is 9.69 Å². The van der Waals surface area contributed by atoms with Crippen LogP contribution in [0.1, 0.15) is 5.56 Å². The Labute approximate surface area is 114 Å². The number of anilines is 1. The highest BCUT2D eigenvalue weighted by Crippen LogP contribution is 2.19. The maximum Gasteiger partial charge on any atom is 0.324 e. The Kier molecular flexibility index (Phi) is 3.86. The van der Waals surface area contributed by atoms with Gasteiger partial charge in [0, 0.05) is 23.2 Å². The molecule has 0 bridgehead atoms. The molecule has 5 nitrogen and oxygen atoms in total. The standard InChI is InChI=1S/C12H14BrN3O2/c1-8-6-9(2-3-10(8)13)15-7-11(17)16-5-4-14-12(16)18/h2-3,6,15H,4-5,7H2,1H3,(H,14,18).